The number of carbonyl (C=O) groups excluding carboxylic acids is 1. The van der Waals surface area contributed by atoms with E-state index in [0.29, 0.717) is 25.9 Å². The van der Waals surface area contributed by atoms with Crippen LogP contribution in [-0.4, -0.2) is 61.4 Å². The first-order chi connectivity index (χ1) is 8.55. The number of methoxy groups -OCH3 is 2. The summed E-state index contributed by atoms with van der Waals surface area (Å²) in [5.74, 6) is -1.29. The fourth-order valence-corrected chi connectivity index (χ4v) is 2.71. The van der Waals surface area contributed by atoms with Gasteiger partial charge in [0.05, 0.1) is 0 Å². The zero-order valence-corrected chi connectivity index (χ0v) is 10.7. The topological polar surface area (TPSA) is 76.1 Å². The van der Waals surface area contributed by atoms with Gasteiger partial charge in [-0.2, -0.15) is 0 Å². The zero-order valence-electron chi connectivity index (χ0n) is 10.7. The van der Waals surface area contributed by atoms with Gasteiger partial charge in [0.2, 0.25) is 5.91 Å². The lowest BCUT2D eigenvalue weighted by Crippen LogP contribution is -2.52. The van der Waals surface area contributed by atoms with Crippen molar-refractivity contribution in [3.63, 3.8) is 0 Å². The molecule has 1 aliphatic heterocycles. The van der Waals surface area contributed by atoms with E-state index in [1.807, 2.05) is 0 Å². The van der Waals surface area contributed by atoms with E-state index in [1.165, 1.54) is 0 Å². The molecule has 1 heterocycles. The first kappa shape index (κ1) is 13.3. The minimum Gasteiger partial charge on any atom is -0.480 e. The van der Waals surface area contributed by atoms with Crippen LogP contribution >= 0.6 is 0 Å². The first-order valence-electron chi connectivity index (χ1n) is 6.13. The Kier molecular flexibility index (Phi) is 3.59. The molecule has 18 heavy (non-hydrogen) atoms. The Bertz CT molecular complexity index is 340. The predicted molar refractivity (Wildman–Crippen MR) is 62.1 cm³/mol. The molecule has 1 aliphatic carbocycles. The maximum atomic E-state index is 12.3. The summed E-state index contributed by atoms with van der Waals surface area (Å²) in [6, 6.07) is 0. The molecule has 0 aromatic carbocycles. The Labute approximate surface area is 106 Å². The second kappa shape index (κ2) is 4.85. The fourth-order valence-electron chi connectivity index (χ4n) is 2.71. The van der Waals surface area contributed by atoms with Crippen LogP contribution in [0, 0.1) is 5.41 Å². The van der Waals surface area contributed by atoms with Crippen LogP contribution in [0.4, 0.5) is 0 Å². The number of hydrogen-bond donors (Lipinski definition) is 1. The van der Waals surface area contributed by atoms with Crippen LogP contribution < -0.4 is 0 Å². The second-order valence-corrected chi connectivity index (χ2v) is 5.00. The smallest absolute Gasteiger partial charge is 0.319 e. The highest BCUT2D eigenvalue weighted by Crippen LogP contribution is 2.43. The summed E-state index contributed by atoms with van der Waals surface area (Å²) in [6.45, 7) is 0.811. The molecule has 2 aliphatic rings. The largest absolute Gasteiger partial charge is 0.480 e. The third-order valence-corrected chi connectivity index (χ3v) is 4.13. The molecule has 0 radical (unpaired) electrons. The first-order valence-corrected chi connectivity index (χ1v) is 6.13. The summed E-state index contributed by atoms with van der Waals surface area (Å²) in [4.78, 5) is 25.2. The van der Waals surface area contributed by atoms with Crippen molar-refractivity contribution < 1.29 is 24.2 Å². The second-order valence-electron chi connectivity index (χ2n) is 5.00. The minimum absolute atomic E-state index is 0.176. The molecule has 0 spiro atoms. The Morgan fingerprint density at radius 1 is 1.17 bits per heavy atom. The molecule has 6 nitrogen and oxygen atoms in total. The molecular formula is C12H19NO5. The molecule has 102 valence electrons. The molecule has 1 saturated carbocycles. The quantitative estimate of drug-likeness (QED) is 0.724. The molecule has 2 atom stereocenters. The van der Waals surface area contributed by atoms with Gasteiger partial charge >= 0.3 is 5.97 Å². The van der Waals surface area contributed by atoms with E-state index < -0.39 is 11.4 Å². The Morgan fingerprint density at radius 3 is 1.94 bits per heavy atom. The van der Waals surface area contributed by atoms with Crippen LogP contribution in [0.2, 0.25) is 0 Å². The maximum absolute atomic E-state index is 12.3. The molecule has 2 unspecified atom stereocenters. The van der Waals surface area contributed by atoms with Crippen molar-refractivity contribution in [2.75, 3.05) is 27.3 Å². The number of carboxylic acids is 1. The third kappa shape index (κ3) is 1.89. The predicted octanol–water partition coefficient (Wildman–Crippen LogP) is 0.114. The fraction of sp³-hybridized carbons (Fsp3) is 0.833. The number of hydrogen-bond acceptors (Lipinski definition) is 4. The van der Waals surface area contributed by atoms with Gasteiger partial charge < -0.3 is 19.5 Å². The SMILES string of the molecule is COC1CN(C(=O)C2(C(=O)O)CCC2)CC1OC. The van der Waals surface area contributed by atoms with E-state index in [1.54, 1.807) is 19.1 Å². The summed E-state index contributed by atoms with van der Waals surface area (Å²) in [7, 11) is 3.14. The monoisotopic (exact) mass is 257 g/mol. The number of carbonyl (C=O) groups is 2. The van der Waals surface area contributed by atoms with Crippen molar-refractivity contribution >= 4 is 11.9 Å². The van der Waals surface area contributed by atoms with Crippen molar-refractivity contribution in [1.82, 2.24) is 4.90 Å². The molecular weight excluding hydrogens is 238 g/mol. The van der Waals surface area contributed by atoms with Crippen molar-refractivity contribution in [1.29, 1.82) is 0 Å². The van der Waals surface area contributed by atoms with Crippen LogP contribution in [0.5, 0.6) is 0 Å². The summed E-state index contributed by atoms with van der Waals surface area (Å²) in [6.07, 6.45) is 1.32. The Morgan fingerprint density at radius 2 is 1.67 bits per heavy atom. The van der Waals surface area contributed by atoms with Gasteiger partial charge in [-0.3, -0.25) is 9.59 Å². The lowest BCUT2D eigenvalue weighted by Gasteiger charge is -2.38. The number of carboxylic acid groups (broad SMARTS) is 1. The maximum Gasteiger partial charge on any atom is 0.319 e. The highest BCUT2D eigenvalue weighted by atomic mass is 16.5. The van der Waals surface area contributed by atoms with Crippen LogP contribution in [0.1, 0.15) is 19.3 Å². The number of likely N-dealkylation sites (tertiary alicyclic amines) is 1. The normalized spacial score (nSPS) is 30.0. The Balaban J connectivity index is 2.09. The Hall–Kier alpha value is -1.14. The number of nitrogens with zero attached hydrogens (tertiary/aromatic N) is 1. The van der Waals surface area contributed by atoms with E-state index in [-0.39, 0.29) is 18.1 Å². The molecule has 0 aromatic rings. The molecule has 2 rings (SSSR count). The summed E-state index contributed by atoms with van der Waals surface area (Å²) >= 11 is 0. The molecule has 1 N–H and O–H groups in total. The van der Waals surface area contributed by atoms with Gasteiger partial charge in [-0.15, -0.1) is 0 Å². The van der Waals surface area contributed by atoms with Gasteiger partial charge in [-0.1, -0.05) is 6.42 Å². The lowest BCUT2D eigenvalue weighted by molar-refractivity contribution is -0.167. The van der Waals surface area contributed by atoms with E-state index in [9.17, 15) is 14.7 Å². The van der Waals surface area contributed by atoms with Gasteiger partial charge in [0.15, 0.2) is 0 Å². The van der Waals surface area contributed by atoms with E-state index in [2.05, 4.69) is 0 Å². The third-order valence-electron chi connectivity index (χ3n) is 4.13. The summed E-state index contributed by atoms with van der Waals surface area (Å²) in [5, 5.41) is 9.25. The van der Waals surface area contributed by atoms with Crippen molar-refractivity contribution in [2.24, 2.45) is 5.41 Å². The molecule has 2 fully saturated rings. The average Bonchev–Trinajstić information content (AvgIpc) is 2.69. The highest BCUT2D eigenvalue weighted by molar-refractivity contribution is 6.03. The van der Waals surface area contributed by atoms with E-state index in [4.69, 9.17) is 9.47 Å². The van der Waals surface area contributed by atoms with Gasteiger partial charge in [-0.25, -0.2) is 0 Å². The number of rotatable bonds is 4. The van der Waals surface area contributed by atoms with Crippen molar-refractivity contribution in [2.45, 2.75) is 31.5 Å². The van der Waals surface area contributed by atoms with Crippen LogP contribution in [0.3, 0.4) is 0 Å². The highest BCUT2D eigenvalue weighted by Gasteiger charge is 2.54. The minimum atomic E-state index is -1.19. The number of ether oxygens (including phenoxy) is 2. The van der Waals surface area contributed by atoms with Crippen LogP contribution in [-0.2, 0) is 19.1 Å². The molecule has 6 heteroatoms. The van der Waals surface area contributed by atoms with Crippen LogP contribution in [0.25, 0.3) is 0 Å². The zero-order chi connectivity index (χ0) is 13.3. The standard InChI is InChI=1S/C12H19NO5/c1-17-8-6-13(7-9(8)18-2)10(14)12(11(15)16)4-3-5-12/h8-9H,3-7H2,1-2H3,(H,15,16). The van der Waals surface area contributed by atoms with Crippen molar-refractivity contribution in [3.8, 4) is 0 Å². The molecule has 1 amide bonds. The number of aliphatic carboxylic acids is 1. The molecule has 1 saturated heterocycles. The van der Waals surface area contributed by atoms with Crippen LogP contribution in [0.15, 0.2) is 0 Å². The average molecular weight is 257 g/mol. The summed E-state index contributed by atoms with van der Waals surface area (Å²) < 4.78 is 10.5. The van der Waals surface area contributed by atoms with Gasteiger partial charge in [0.1, 0.15) is 17.6 Å². The lowest BCUT2D eigenvalue weighted by atomic mass is 9.68. The van der Waals surface area contributed by atoms with E-state index in [0.717, 1.165) is 6.42 Å². The summed E-state index contributed by atoms with van der Waals surface area (Å²) in [5.41, 5.74) is -1.19. The van der Waals surface area contributed by atoms with E-state index >= 15 is 0 Å². The van der Waals surface area contributed by atoms with Gasteiger partial charge in [-0.05, 0) is 12.8 Å². The van der Waals surface area contributed by atoms with Crippen molar-refractivity contribution in [3.05, 3.63) is 0 Å². The number of amides is 1. The molecule has 0 bridgehead atoms. The van der Waals surface area contributed by atoms with Gasteiger partial charge in [0.25, 0.3) is 0 Å². The molecule has 0 aromatic heterocycles. The van der Waals surface area contributed by atoms with Gasteiger partial charge in [0, 0.05) is 27.3 Å².